The van der Waals surface area contributed by atoms with Crippen LogP contribution < -0.4 is 5.32 Å². The van der Waals surface area contributed by atoms with Crippen molar-refractivity contribution in [3.63, 3.8) is 0 Å². The summed E-state index contributed by atoms with van der Waals surface area (Å²) >= 11 is 6.36. The van der Waals surface area contributed by atoms with Crippen molar-refractivity contribution in [2.24, 2.45) is 0 Å². The maximum atomic E-state index is 13.5. The number of hydrogen-bond acceptors (Lipinski definition) is 6. The molecular formula is C26H19ClN4O3. The van der Waals surface area contributed by atoms with E-state index < -0.39 is 11.9 Å². The Kier molecular flexibility index (Phi) is 5.93. The summed E-state index contributed by atoms with van der Waals surface area (Å²) in [6.07, 6.45) is 0. The number of carbonyl (C=O) groups excluding carboxylic acids is 1. The lowest BCUT2D eigenvalue weighted by molar-refractivity contribution is 0.0937. The molecular weight excluding hydrogens is 452 g/mol. The molecule has 0 spiro atoms. The Morgan fingerprint density at radius 3 is 2.32 bits per heavy atom. The Morgan fingerprint density at radius 1 is 0.912 bits per heavy atom. The van der Waals surface area contributed by atoms with Gasteiger partial charge in [-0.3, -0.25) is 4.79 Å². The molecule has 8 heteroatoms. The average Bonchev–Trinajstić information content (AvgIpc) is 3.51. The van der Waals surface area contributed by atoms with Gasteiger partial charge in [-0.15, -0.1) is 10.2 Å². The van der Waals surface area contributed by atoms with Crippen molar-refractivity contribution >= 4 is 17.5 Å². The first-order valence-electron chi connectivity index (χ1n) is 10.6. The number of amides is 1. The zero-order chi connectivity index (χ0) is 23.5. The number of aromatic nitrogens is 3. The van der Waals surface area contributed by atoms with Gasteiger partial charge in [0.05, 0.1) is 5.02 Å². The van der Waals surface area contributed by atoms with E-state index in [1.807, 2.05) is 72.8 Å². The van der Waals surface area contributed by atoms with Crippen molar-refractivity contribution in [2.75, 3.05) is 0 Å². The predicted molar refractivity (Wildman–Crippen MR) is 127 cm³/mol. The highest BCUT2D eigenvalue weighted by molar-refractivity contribution is 6.33. The smallest absolute Gasteiger partial charge is 0.258 e. The second kappa shape index (κ2) is 9.33. The van der Waals surface area contributed by atoms with Crippen LogP contribution in [0.25, 0.3) is 22.7 Å². The maximum Gasteiger partial charge on any atom is 0.258 e. The van der Waals surface area contributed by atoms with Crippen molar-refractivity contribution < 1.29 is 13.7 Å². The SMILES string of the molecule is Cc1onc(-c2ccccc2Cl)c1C(=O)N[C@H](c1ccccc1)c1nnc(-c2ccccc2)o1. The van der Waals surface area contributed by atoms with Gasteiger partial charge < -0.3 is 14.3 Å². The van der Waals surface area contributed by atoms with Gasteiger partial charge in [0.25, 0.3) is 5.91 Å². The standard InChI is InChI=1S/C26H19ClN4O3/c1-16-21(23(31-34-16)19-14-8-9-15-20(19)27)24(32)28-22(17-10-4-2-5-11-17)26-30-29-25(33-26)18-12-6-3-7-13-18/h2-15,22H,1H3,(H,28,32)/t22-/m1/s1. The van der Waals surface area contributed by atoms with Gasteiger partial charge in [-0.2, -0.15) is 0 Å². The second-order valence-corrected chi connectivity index (χ2v) is 7.98. The number of nitrogens with zero attached hydrogens (tertiary/aromatic N) is 3. The first kappa shape index (κ1) is 21.6. The molecule has 0 bridgehead atoms. The van der Waals surface area contributed by atoms with Crippen LogP contribution in [0.5, 0.6) is 0 Å². The van der Waals surface area contributed by atoms with Crippen molar-refractivity contribution in [2.45, 2.75) is 13.0 Å². The number of hydrogen-bond donors (Lipinski definition) is 1. The molecule has 0 saturated carbocycles. The predicted octanol–water partition coefficient (Wildman–Crippen LogP) is 5.87. The summed E-state index contributed by atoms with van der Waals surface area (Å²) in [6, 6.07) is 25.3. The van der Waals surface area contributed by atoms with Crippen molar-refractivity contribution in [1.29, 1.82) is 0 Å². The second-order valence-electron chi connectivity index (χ2n) is 7.57. The molecule has 0 aliphatic heterocycles. The first-order chi connectivity index (χ1) is 16.6. The lowest BCUT2D eigenvalue weighted by atomic mass is 10.0. The molecule has 2 heterocycles. The fourth-order valence-corrected chi connectivity index (χ4v) is 3.89. The summed E-state index contributed by atoms with van der Waals surface area (Å²) < 4.78 is 11.3. The molecule has 1 atom stereocenters. The number of benzene rings is 3. The highest BCUT2D eigenvalue weighted by Crippen LogP contribution is 2.32. The number of nitrogens with one attached hydrogen (secondary N) is 1. The van der Waals surface area contributed by atoms with Crippen LogP contribution >= 0.6 is 11.6 Å². The van der Waals surface area contributed by atoms with Crippen molar-refractivity contribution in [1.82, 2.24) is 20.7 Å². The number of rotatable bonds is 6. The van der Waals surface area contributed by atoms with E-state index in [4.69, 9.17) is 20.5 Å². The van der Waals surface area contributed by atoms with Crippen LogP contribution in [0.15, 0.2) is 93.9 Å². The summed E-state index contributed by atoms with van der Waals surface area (Å²) in [4.78, 5) is 13.5. The highest BCUT2D eigenvalue weighted by atomic mass is 35.5. The lowest BCUT2D eigenvalue weighted by Gasteiger charge is -2.16. The highest BCUT2D eigenvalue weighted by Gasteiger charge is 2.28. The quantitative estimate of drug-likeness (QED) is 0.333. The van der Waals surface area contributed by atoms with Crippen LogP contribution in [0.4, 0.5) is 0 Å². The fraction of sp³-hybridized carbons (Fsp3) is 0.0769. The third-order valence-electron chi connectivity index (χ3n) is 5.34. The minimum absolute atomic E-state index is 0.256. The van der Waals surface area contributed by atoms with Crippen LogP contribution in [0.2, 0.25) is 5.02 Å². The van der Waals surface area contributed by atoms with Gasteiger partial charge in [0.15, 0.2) is 0 Å². The van der Waals surface area contributed by atoms with Crippen LogP contribution in [0.1, 0.15) is 33.6 Å². The van der Waals surface area contributed by atoms with Gasteiger partial charge in [0.2, 0.25) is 11.8 Å². The molecule has 0 aliphatic rings. The summed E-state index contributed by atoms with van der Waals surface area (Å²) in [5.41, 5.74) is 2.83. The average molecular weight is 471 g/mol. The van der Waals surface area contributed by atoms with Crippen molar-refractivity contribution in [3.05, 3.63) is 113 Å². The van der Waals surface area contributed by atoms with Crippen LogP contribution in [0, 0.1) is 6.92 Å². The van der Waals surface area contributed by atoms with Gasteiger partial charge in [0.1, 0.15) is 23.1 Å². The summed E-state index contributed by atoms with van der Waals surface area (Å²) in [7, 11) is 0. The van der Waals surface area contributed by atoms with E-state index in [-0.39, 0.29) is 11.5 Å². The third kappa shape index (κ3) is 4.21. The van der Waals surface area contributed by atoms with Gasteiger partial charge in [-0.25, -0.2) is 0 Å². The lowest BCUT2D eigenvalue weighted by Crippen LogP contribution is -2.30. The van der Waals surface area contributed by atoms with Gasteiger partial charge in [-0.1, -0.05) is 83.5 Å². The molecule has 1 amide bonds. The number of carbonyl (C=O) groups is 1. The molecule has 1 N–H and O–H groups in total. The minimum Gasteiger partial charge on any atom is -0.418 e. The van der Waals surface area contributed by atoms with Crippen LogP contribution in [-0.2, 0) is 0 Å². The van der Waals surface area contributed by atoms with Crippen LogP contribution in [-0.4, -0.2) is 21.3 Å². The Morgan fingerprint density at radius 2 is 1.59 bits per heavy atom. The fourth-order valence-electron chi connectivity index (χ4n) is 3.66. The largest absolute Gasteiger partial charge is 0.418 e. The van der Waals surface area contributed by atoms with Gasteiger partial charge in [0, 0.05) is 11.1 Å². The van der Waals surface area contributed by atoms with E-state index in [2.05, 4.69) is 20.7 Å². The number of aryl methyl sites for hydroxylation is 1. The Labute approximate surface area is 200 Å². The molecule has 2 aromatic heterocycles. The minimum atomic E-state index is -0.688. The van der Waals surface area contributed by atoms with Gasteiger partial charge >= 0.3 is 0 Å². The van der Waals surface area contributed by atoms with Crippen molar-refractivity contribution in [3.8, 4) is 22.7 Å². The molecule has 34 heavy (non-hydrogen) atoms. The molecule has 168 valence electrons. The molecule has 5 aromatic rings. The van der Waals surface area contributed by atoms with E-state index in [9.17, 15) is 4.79 Å². The molecule has 0 aliphatic carbocycles. The van der Waals surface area contributed by atoms with E-state index >= 15 is 0 Å². The normalized spacial score (nSPS) is 11.8. The zero-order valence-electron chi connectivity index (χ0n) is 18.1. The molecule has 0 unspecified atom stereocenters. The number of halogens is 1. The summed E-state index contributed by atoms with van der Waals surface area (Å²) in [5, 5.41) is 16.0. The Balaban J connectivity index is 1.52. The molecule has 5 rings (SSSR count). The topological polar surface area (TPSA) is 94.1 Å². The zero-order valence-corrected chi connectivity index (χ0v) is 18.9. The molecule has 3 aromatic carbocycles. The van der Waals surface area contributed by atoms with E-state index in [0.29, 0.717) is 27.9 Å². The molecule has 0 saturated heterocycles. The maximum absolute atomic E-state index is 13.5. The van der Waals surface area contributed by atoms with E-state index in [1.165, 1.54) is 0 Å². The van der Waals surface area contributed by atoms with E-state index in [0.717, 1.165) is 11.1 Å². The molecule has 0 radical (unpaired) electrons. The van der Waals surface area contributed by atoms with E-state index in [1.54, 1.807) is 19.1 Å². The summed E-state index contributed by atoms with van der Waals surface area (Å²) in [6.45, 7) is 1.68. The Bertz CT molecular complexity index is 1430. The molecule has 0 fully saturated rings. The molecule has 7 nitrogen and oxygen atoms in total. The monoisotopic (exact) mass is 470 g/mol. The summed E-state index contributed by atoms with van der Waals surface area (Å²) in [5.74, 6) is 0.590. The first-order valence-corrected chi connectivity index (χ1v) is 11.0. The Hall–Kier alpha value is -4.23. The third-order valence-corrected chi connectivity index (χ3v) is 5.67. The van der Waals surface area contributed by atoms with Crippen LogP contribution in [0.3, 0.4) is 0 Å². The van der Waals surface area contributed by atoms with Gasteiger partial charge in [-0.05, 0) is 30.7 Å².